The van der Waals surface area contributed by atoms with Crippen molar-refractivity contribution in [1.29, 1.82) is 0 Å². The Bertz CT molecular complexity index is 1230. The Balaban J connectivity index is 1.49. The average molecular weight is 502 g/mol. The second kappa shape index (κ2) is 8.22. The van der Waals surface area contributed by atoms with E-state index in [1.165, 1.54) is 21.9 Å². The Morgan fingerprint density at radius 1 is 1.10 bits per heavy atom. The number of aromatic nitrogens is 3. The van der Waals surface area contributed by atoms with Gasteiger partial charge in [0.25, 0.3) is 0 Å². The number of rotatable bonds is 4. The summed E-state index contributed by atoms with van der Waals surface area (Å²) in [6.45, 7) is 4.68. The van der Waals surface area contributed by atoms with Crippen LogP contribution in [0.2, 0.25) is 0 Å². The fourth-order valence-corrected chi connectivity index (χ4v) is 5.74. The lowest BCUT2D eigenvalue weighted by molar-refractivity contribution is 0.210. The highest BCUT2D eigenvalue weighted by Gasteiger charge is 2.32. The van der Waals surface area contributed by atoms with Crippen molar-refractivity contribution in [2.24, 2.45) is 0 Å². The highest BCUT2D eigenvalue weighted by molar-refractivity contribution is 9.10. The number of hydrogen-bond acceptors (Lipinski definition) is 6. The molecule has 0 spiro atoms. The molecule has 1 saturated heterocycles. The minimum Gasteiger partial charge on any atom is -0.492 e. The Morgan fingerprint density at radius 3 is 2.58 bits per heavy atom. The zero-order valence-corrected chi connectivity index (χ0v) is 19.3. The monoisotopic (exact) mass is 501 g/mol. The predicted molar refractivity (Wildman–Crippen MR) is 123 cm³/mol. The van der Waals surface area contributed by atoms with Gasteiger partial charge < -0.3 is 10.0 Å². The molecule has 1 atom stereocenters. The van der Waals surface area contributed by atoms with Crippen molar-refractivity contribution >= 4 is 37.9 Å². The highest BCUT2D eigenvalue weighted by atomic mass is 79.9. The topological polar surface area (TPSA) is 56.9 Å². The number of aromatic hydroxyl groups is 1. The molecule has 31 heavy (non-hydrogen) atoms. The Hall–Kier alpha value is -2.49. The third kappa shape index (κ3) is 3.81. The zero-order chi connectivity index (χ0) is 21.5. The summed E-state index contributed by atoms with van der Waals surface area (Å²) in [5.74, 6) is 0.561. The first-order valence-corrected chi connectivity index (χ1v) is 11.7. The van der Waals surface area contributed by atoms with Crippen LogP contribution >= 0.6 is 27.3 Å². The van der Waals surface area contributed by atoms with Crippen molar-refractivity contribution < 1.29 is 9.50 Å². The second-order valence-electron chi connectivity index (χ2n) is 7.58. The summed E-state index contributed by atoms with van der Waals surface area (Å²) in [5, 5.41) is 15.3. The van der Waals surface area contributed by atoms with E-state index in [0.29, 0.717) is 29.6 Å². The van der Waals surface area contributed by atoms with E-state index in [0.717, 1.165) is 28.0 Å². The van der Waals surface area contributed by atoms with Crippen molar-refractivity contribution in [3.05, 3.63) is 75.1 Å². The number of nitrogens with zero attached hydrogens (tertiary/aromatic N) is 5. The fraction of sp³-hybridized carbons (Fsp3) is 0.273. The summed E-state index contributed by atoms with van der Waals surface area (Å²) >= 11 is 5.03. The van der Waals surface area contributed by atoms with Crippen LogP contribution in [0.25, 0.3) is 4.96 Å². The Morgan fingerprint density at radius 2 is 1.87 bits per heavy atom. The number of hydrogen-bond donors (Lipinski definition) is 1. The van der Waals surface area contributed by atoms with Crippen molar-refractivity contribution in [1.82, 2.24) is 19.5 Å². The summed E-state index contributed by atoms with van der Waals surface area (Å²) in [5.41, 5.74) is 1.71. The standard InChI is InChI=1S/C22H21BrFN5OS/c1-14-25-22-29(26-14)21(30)20(31-22)19(15-5-4-6-16(23)13-15)28-11-9-27(10-12-28)18-8-3-2-7-17(18)24/h2-8,13,19,30H,9-12H2,1H3/t19-/m0/s1. The summed E-state index contributed by atoms with van der Waals surface area (Å²) in [4.78, 5) is 10.3. The molecule has 160 valence electrons. The molecule has 1 aliphatic rings. The van der Waals surface area contributed by atoms with Crippen LogP contribution in [-0.2, 0) is 0 Å². The van der Waals surface area contributed by atoms with Gasteiger partial charge in [0.05, 0.1) is 16.6 Å². The molecule has 9 heteroatoms. The summed E-state index contributed by atoms with van der Waals surface area (Å²) in [6, 6.07) is 14.9. The molecule has 2 aromatic carbocycles. The molecule has 1 N–H and O–H groups in total. The van der Waals surface area contributed by atoms with Crippen LogP contribution in [0, 0.1) is 12.7 Å². The van der Waals surface area contributed by atoms with Crippen LogP contribution < -0.4 is 4.90 Å². The van der Waals surface area contributed by atoms with Crippen LogP contribution in [-0.4, -0.2) is 50.8 Å². The summed E-state index contributed by atoms with van der Waals surface area (Å²) in [7, 11) is 0. The molecule has 0 aliphatic carbocycles. The maximum Gasteiger partial charge on any atom is 0.230 e. The number of anilines is 1. The predicted octanol–water partition coefficient (Wildman–Crippen LogP) is 4.62. The zero-order valence-electron chi connectivity index (χ0n) is 16.9. The van der Waals surface area contributed by atoms with E-state index in [1.54, 1.807) is 6.07 Å². The number of para-hydroxylation sites is 1. The molecule has 0 saturated carbocycles. The maximum atomic E-state index is 14.3. The van der Waals surface area contributed by atoms with Crippen LogP contribution in [0.3, 0.4) is 0 Å². The van der Waals surface area contributed by atoms with Gasteiger partial charge >= 0.3 is 0 Å². The molecule has 1 aliphatic heterocycles. The minimum atomic E-state index is -0.196. The van der Waals surface area contributed by atoms with Gasteiger partial charge in [-0.1, -0.05) is 51.5 Å². The van der Waals surface area contributed by atoms with Gasteiger partial charge in [-0.2, -0.15) is 4.52 Å². The fourth-order valence-electron chi connectivity index (χ4n) is 4.16. The first-order valence-electron chi connectivity index (χ1n) is 10.1. The van der Waals surface area contributed by atoms with E-state index >= 15 is 0 Å². The van der Waals surface area contributed by atoms with Crippen LogP contribution in [0.1, 0.15) is 22.3 Å². The van der Waals surface area contributed by atoms with Gasteiger partial charge in [0.15, 0.2) is 0 Å². The number of halogens is 2. The average Bonchev–Trinajstić information content (AvgIpc) is 3.27. The first kappa shape index (κ1) is 20.4. The molecule has 1 fully saturated rings. The summed E-state index contributed by atoms with van der Waals surface area (Å²) in [6.07, 6.45) is 0. The van der Waals surface area contributed by atoms with Gasteiger partial charge in [-0.05, 0) is 36.8 Å². The van der Waals surface area contributed by atoms with Crippen molar-refractivity contribution in [2.75, 3.05) is 31.1 Å². The van der Waals surface area contributed by atoms with Crippen molar-refractivity contribution in [2.45, 2.75) is 13.0 Å². The lowest BCUT2D eigenvalue weighted by Gasteiger charge is -2.40. The van der Waals surface area contributed by atoms with E-state index in [2.05, 4.69) is 47.9 Å². The minimum absolute atomic E-state index is 0.127. The SMILES string of the molecule is Cc1nc2sc([C@H](c3cccc(Br)c3)N3CCN(c4ccccc4F)CC3)c(O)n2n1. The molecule has 4 aromatic rings. The van der Waals surface area contributed by atoms with E-state index in [-0.39, 0.29) is 17.7 Å². The molecule has 5 rings (SSSR count). The molecule has 0 bridgehead atoms. The van der Waals surface area contributed by atoms with Gasteiger partial charge in [-0.3, -0.25) is 4.90 Å². The Labute approximate surface area is 191 Å². The lowest BCUT2D eigenvalue weighted by Crippen LogP contribution is -2.48. The van der Waals surface area contributed by atoms with Gasteiger partial charge in [-0.15, -0.1) is 5.10 Å². The van der Waals surface area contributed by atoms with Gasteiger partial charge in [0.1, 0.15) is 11.6 Å². The smallest absolute Gasteiger partial charge is 0.230 e. The molecule has 6 nitrogen and oxygen atoms in total. The van der Waals surface area contributed by atoms with Crippen LogP contribution in [0.15, 0.2) is 53.0 Å². The van der Waals surface area contributed by atoms with Gasteiger partial charge in [0.2, 0.25) is 10.8 Å². The molecule has 0 amide bonds. The third-order valence-electron chi connectivity index (χ3n) is 5.59. The normalized spacial score (nSPS) is 16.2. The largest absolute Gasteiger partial charge is 0.492 e. The van der Waals surface area contributed by atoms with E-state index in [4.69, 9.17) is 0 Å². The van der Waals surface area contributed by atoms with Crippen molar-refractivity contribution in [3.8, 4) is 5.88 Å². The number of aryl methyl sites for hydroxylation is 1. The molecule has 3 heterocycles. The summed E-state index contributed by atoms with van der Waals surface area (Å²) < 4.78 is 16.8. The van der Waals surface area contributed by atoms with Crippen LogP contribution in [0.4, 0.5) is 10.1 Å². The third-order valence-corrected chi connectivity index (χ3v) is 7.16. The molecule has 0 unspecified atom stereocenters. The number of thiazole rings is 1. The second-order valence-corrected chi connectivity index (χ2v) is 9.50. The van der Waals surface area contributed by atoms with Gasteiger partial charge in [0, 0.05) is 30.7 Å². The van der Waals surface area contributed by atoms with Crippen LogP contribution in [0.5, 0.6) is 5.88 Å². The Kier molecular flexibility index (Phi) is 5.41. The quantitative estimate of drug-likeness (QED) is 0.442. The van der Waals surface area contributed by atoms with E-state index in [1.807, 2.05) is 31.2 Å². The number of piperazine rings is 1. The maximum absolute atomic E-state index is 14.3. The van der Waals surface area contributed by atoms with Gasteiger partial charge in [-0.25, -0.2) is 9.37 Å². The highest BCUT2D eigenvalue weighted by Crippen LogP contribution is 2.41. The molecular formula is C22H21BrFN5OS. The number of fused-ring (bicyclic) bond motifs is 1. The number of benzene rings is 2. The lowest BCUT2D eigenvalue weighted by atomic mass is 10.0. The molecule has 2 aromatic heterocycles. The first-order chi connectivity index (χ1) is 15.0. The molecular weight excluding hydrogens is 481 g/mol. The molecule has 0 radical (unpaired) electrons. The van der Waals surface area contributed by atoms with Crippen molar-refractivity contribution in [3.63, 3.8) is 0 Å². The van der Waals surface area contributed by atoms with E-state index < -0.39 is 0 Å². The van der Waals surface area contributed by atoms with E-state index in [9.17, 15) is 9.50 Å².